The van der Waals surface area contributed by atoms with E-state index in [1.54, 1.807) is 6.92 Å². The fourth-order valence-corrected chi connectivity index (χ4v) is 0.0668. The van der Waals surface area contributed by atoms with Crippen molar-refractivity contribution >= 4 is 0 Å². The van der Waals surface area contributed by atoms with Crippen molar-refractivity contribution < 1.29 is 4.39 Å². The van der Waals surface area contributed by atoms with E-state index in [9.17, 15) is 4.39 Å². The highest BCUT2D eigenvalue weighted by Gasteiger charge is 1.52. The zero-order chi connectivity index (χ0) is 4.12. The van der Waals surface area contributed by atoms with Gasteiger partial charge in [-0.05, 0) is 6.92 Å². The van der Waals surface area contributed by atoms with Gasteiger partial charge in [0, 0.05) is 0 Å². The first-order valence-electron chi connectivity index (χ1n) is 1.37. The van der Waals surface area contributed by atoms with Crippen LogP contribution < -0.4 is 0 Å². The summed E-state index contributed by atoms with van der Waals surface area (Å²) in [7, 11) is 0. The van der Waals surface area contributed by atoms with Crippen LogP contribution in [0.4, 0.5) is 4.39 Å². The normalized spacial score (nSPS) is 5.20. The summed E-state index contributed by atoms with van der Waals surface area (Å²) < 4.78 is 10.8. The third kappa shape index (κ3) is 3.49. The predicted molar refractivity (Wildman–Crippen MR) is 19.4 cm³/mol. The molecule has 0 atom stereocenters. The summed E-state index contributed by atoms with van der Waals surface area (Å²) in [4.78, 5) is 0. The maximum Gasteiger partial charge on any atom is 0.150 e. The molecule has 0 aliphatic rings. The van der Waals surface area contributed by atoms with Gasteiger partial charge in [-0.15, -0.1) is 5.92 Å². The van der Waals surface area contributed by atoms with E-state index in [0.717, 1.165) is 0 Å². The minimum absolute atomic E-state index is 0.517. The fourth-order valence-electron chi connectivity index (χ4n) is 0.0668. The lowest BCUT2D eigenvalue weighted by Gasteiger charge is -1.55. The zero-order valence-corrected chi connectivity index (χ0v) is 3.09. The van der Waals surface area contributed by atoms with Crippen LogP contribution in [-0.2, 0) is 0 Å². The van der Waals surface area contributed by atoms with Crippen molar-refractivity contribution in [3.05, 3.63) is 0 Å². The summed E-state index contributed by atoms with van der Waals surface area (Å²) in [5.41, 5.74) is 0. The number of hydrogen-bond donors (Lipinski definition) is 0. The Kier molecular flexibility index (Phi) is 3.13. The lowest BCUT2D eigenvalue weighted by atomic mass is 10.7. The van der Waals surface area contributed by atoms with Crippen LogP contribution in [0.3, 0.4) is 0 Å². The number of alkyl halides is 1. The second-order valence-corrected chi connectivity index (χ2v) is 0.560. The highest BCUT2D eigenvalue weighted by atomic mass is 19.1. The highest BCUT2D eigenvalue weighted by molar-refractivity contribution is 4.94. The standard InChI is InChI=1S/C4H5F/c1-2-3-4-5/h4H2,1H3. The Morgan fingerprint density at radius 3 is 2.40 bits per heavy atom. The average molecular weight is 72.1 g/mol. The van der Waals surface area contributed by atoms with E-state index >= 15 is 0 Å². The molecule has 0 unspecified atom stereocenters. The van der Waals surface area contributed by atoms with Crippen LogP contribution >= 0.6 is 0 Å². The molecule has 5 heavy (non-hydrogen) atoms. The molecule has 0 aliphatic heterocycles. The van der Waals surface area contributed by atoms with Gasteiger partial charge in [0.15, 0.2) is 0 Å². The second kappa shape index (κ2) is 3.49. The molecule has 0 bridgehead atoms. The van der Waals surface area contributed by atoms with E-state index in [0.29, 0.717) is 0 Å². The van der Waals surface area contributed by atoms with Crippen LogP contribution in [0.2, 0.25) is 0 Å². The van der Waals surface area contributed by atoms with E-state index in [2.05, 4.69) is 11.8 Å². The van der Waals surface area contributed by atoms with Crippen molar-refractivity contribution in [3.8, 4) is 11.8 Å². The minimum Gasteiger partial charge on any atom is -0.237 e. The zero-order valence-electron chi connectivity index (χ0n) is 3.09. The summed E-state index contributed by atoms with van der Waals surface area (Å²) in [5, 5.41) is 0. The van der Waals surface area contributed by atoms with Gasteiger partial charge < -0.3 is 0 Å². The Hall–Kier alpha value is -0.510. The Labute approximate surface area is 31.0 Å². The SMILES string of the molecule is CC#CCF. The summed E-state index contributed by atoms with van der Waals surface area (Å²) in [6, 6.07) is 0. The highest BCUT2D eigenvalue weighted by Crippen LogP contribution is 1.55. The molecule has 0 rings (SSSR count). The van der Waals surface area contributed by atoms with Crippen LogP contribution in [0, 0.1) is 11.8 Å². The molecule has 0 radical (unpaired) electrons. The van der Waals surface area contributed by atoms with Gasteiger partial charge in [-0.25, -0.2) is 4.39 Å². The summed E-state index contributed by atoms with van der Waals surface area (Å²) in [5.74, 6) is 4.59. The predicted octanol–water partition coefficient (Wildman–Crippen LogP) is 0.979. The van der Waals surface area contributed by atoms with Gasteiger partial charge in [-0.2, -0.15) is 0 Å². The first-order chi connectivity index (χ1) is 2.41. The number of halogens is 1. The lowest BCUT2D eigenvalue weighted by molar-refractivity contribution is 0.573. The molecule has 0 aromatic rings. The van der Waals surface area contributed by atoms with Crippen molar-refractivity contribution in [1.82, 2.24) is 0 Å². The first-order valence-corrected chi connectivity index (χ1v) is 1.37. The Morgan fingerprint density at radius 2 is 2.40 bits per heavy atom. The second-order valence-electron chi connectivity index (χ2n) is 0.560. The van der Waals surface area contributed by atoms with Gasteiger partial charge in [0.2, 0.25) is 0 Å². The van der Waals surface area contributed by atoms with Gasteiger partial charge in [-0.1, -0.05) is 5.92 Å². The molecule has 0 spiro atoms. The molecule has 0 aromatic carbocycles. The van der Waals surface area contributed by atoms with Crippen molar-refractivity contribution in [3.63, 3.8) is 0 Å². The molecular weight excluding hydrogens is 67.0 g/mol. The van der Waals surface area contributed by atoms with Crippen LogP contribution in [-0.4, -0.2) is 6.67 Å². The van der Waals surface area contributed by atoms with Gasteiger partial charge in [-0.3, -0.25) is 0 Å². The van der Waals surface area contributed by atoms with E-state index in [-0.39, 0.29) is 0 Å². The smallest absolute Gasteiger partial charge is 0.150 e. The van der Waals surface area contributed by atoms with E-state index in [4.69, 9.17) is 0 Å². The number of hydrogen-bond acceptors (Lipinski definition) is 0. The maximum atomic E-state index is 10.8. The van der Waals surface area contributed by atoms with Crippen molar-refractivity contribution in [1.29, 1.82) is 0 Å². The van der Waals surface area contributed by atoms with Crippen LogP contribution in [0.5, 0.6) is 0 Å². The van der Waals surface area contributed by atoms with Crippen LogP contribution in [0.1, 0.15) is 6.92 Å². The molecule has 0 saturated carbocycles. The van der Waals surface area contributed by atoms with E-state index < -0.39 is 6.67 Å². The summed E-state index contributed by atoms with van der Waals surface area (Å²) in [6.45, 7) is 1.09. The quantitative estimate of drug-likeness (QED) is 0.374. The largest absolute Gasteiger partial charge is 0.237 e. The molecule has 0 saturated heterocycles. The molecule has 1 heteroatoms. The minimum atomic E-state index is -0.517. The Bertz CT molecular complexity index is 55.8. The number of rotatable bonds is 0. The molecule has 0 aromatic heterocycles. The Morgan fingerprint density at radius 1 is 1.80 bits per heavy atom. The molecule has 0 N–H and O–H groups in total. The molecule has 0 fully saturated rings. The van der Waals surface area contributed by atoms with Crippen LogP contribution in [0.25, 0.3) is 0 Å². The van der Waals surface area contributed by atoms with Gasteiger partial charge in [0.05, 0.1) is 0 Å². The molecular formula is C4H5F. The fraction of sp³-hybridized carbons (Fsp3) is 0.500. The molecule has 0 nitrogen and oxygen atoms in total. The van der Waals surface area contributed by atoms with Gasteiger partial charge >= 0.3 is 0 Å². The molecule has 0 heterocycles. The molecule has 0 amide bonds. The summed E-state index contributed by atoms with van der Waals surface area (Å²) in [6.07, 6.45) is 0. The van der Waals surface area contributed by atoms with E-state index in [1.165, 1.54) is 0 Å². The third-order valence-corrected chi connectivity index (χ3v) is 0.244. The molecule has 0 aliphatic carbocycles. The maximum absolute atomic E-state index is 10.8. The van der Waals surface area contributed by atoms with Crippen molar-refractivity contribution in [2.24, 2.45) is 0 Å². The van der Waals surface area contributed by atoms with Crippen molar-refractivity contribution in [2.45, 2.75) is 6.92 Å². The lowest BCUT2D eigenvalue weighted by Crippen LogP contribution is -1.55. The third-order valence-electron chi connectivity index (χ3n) is 0.244. The van der Waals surface area contributed by atoms with Crippen LogP contribution in [0.15, 0.2) is 0 Å². The van der Waals surface area contributed by atoms with Crippen molar-refractivity contribution in [2.75, 3.05) is 6.67 Å². The molecule has 28 valence electrons. The first kappa shape index (κ1) is 4.49. The topological polar surface area (TPSA) is 0 Å². The van der Waals surface area contributed by atoms with E-state index in [1.807, 2.05) is 0 Å². The monoisotopic (exact) mass is 72.0 g/mol. The average Bonchev–Trinajstić information content (AvgIpc) is 1.41. The van der Waals surface area contributed by atoms with Gasteiger partial charge in [0.1, 0.15) is 6.67 Å². The Balaban J connectivity index is 2.81. The summed E-state index contributed by atoms with van der Waals surface area (Å²) >= 11 is 0. The van der Waals surface area contributed by atoms with Gasteiger partial charge in [0.25, 0.3) is 0 Å².